The summed E-state index contributed by atoms with van der Waals surface area (Å²) in [6, 6.07) is 0.0475. The van der Waals surface area contributed by atoms with E-state index in [9.17, 15) is 14.7 Å². The Labute approximate surface area is 123 Å². The fourth-order valence-electron chi connectivity index (χ4n) is 2.03. The van der Waals surface area contributed by atoms with E-state index in [-0.39, 0.29) is 11.6 Å². The summed E-state index contributed by atoms with van der Waals surface area (Å²) in [5, 5.41) is 9.52. The molecule has 118 valence electrons. The molecule has 0 spiro atoms. The number of aromatic amines is 2. The lowest BCUT2D eigenvalue weighted by Crippen LogP contribution is -2.25. The predicted molar refractivity (Wildman–Crippen MR) is 83.4 cm³/mol. The van der Waals surface area contributed by atoms with Gasteiger partial charge in [-0.25, -0.2) is 4.79 Å². The number of aromatic nitrogens is 2. The summed E-state index contributed by atoms with van der Waals surface area (Å²) < 4.78 is 0. The van der Waals surface area contributed by atoms with E-state index in [0.717, 1.165) is 32.5 Å². The van der Waals surface area contributed by atoms with E-state index >= 15 is 0 Å². The molecule has 0 saturated heterocycles. The van der Waals surface area contributed by atoms with E-state index < -0.39 is 17.1 Å². The van der Waals surface area contributed by atoms with Gasteiger partial charge in [0, 0.05) is 12.3 Å². The van der Waals surface area contributed by atoms with Crippen molar-refractivity contribution in [1.82, 2.24) is 14.9 Å². The molecular formula is C14H24N4O3. The third kappa shape index (κ3) is 5.55. The standard InChI is InChI=1S/C14H24N4O3/c1-4-18(5-2)8-6-7-10(3)15-9-11-12(19)16-14(21)17-13(11)20/h9-10H,4-8H2,1-3H3,(H3,16,17,19,20,21). The Kier molecular flexibility index (Phi) is 6.87. The zero-order valence-electron chi connectivity index (χ0n) is 12.8. The van der Waals surface area contributed by atoms with Crippen LogP contribution in [-0.2, 0) is 0 Å². The molecule has 7 nitrogen and oxygen atoms in total. The first-order valence-electron chi connectivity index (χ1n) is 7.29. The highest BCUT2D eigenvalue weighted by Gasteiger charge is 2.07. The first-order chi connectivity index (χ1) is 9.97. The summed E-state index contributed by atoms with van der Waals surface area (Å²) in [6.07, 6.45) is 3.23. The van der Waals surface area contributed by atoms with E-state index in [2.05, 4.69) is 33.7 Å². The van der Waals surface area contributed by atoms with E-state index in [4.69, 9.17) is 0 Å². The van der Waals surface area contributed by atoms with Crippen LogP contribution >= 0.6 is 0 Å². The average molecular weight is 296 g/mol. The van der Waals surface area contributed by atoms with Crippen molar-refractivity contribution < 1.29 is 5.11 Å². The second-order valence-electron chi connectivity index (χ2n) is 4.97. The van der Waals surface area contributed by atoms with Gasteiger partial charge in [-0.15, -0.1) is 0 Å². The van der Waals surface area contributed by atoms with Crippen LogP contribution in [0.25, 0.3) is 0 Å². The number of aliphatic imine (C=N–C) groups is 1. The minimum absolute atomic E-state index is 0.0230. The number of nitrogens with one attached hydrogen (secondary N) is 2. The summed E-state index contributed by atoms with van der Waals surface area (Å²) >= 11 is 0. The third-order valence-corrected chi connectivity index (χ3v) is 3.41. The summed E-state index contributed by atoms with van der Waals surface area (Å²) in [7, 11) is 0. The van der Waals surface area contributed by atoms with Gasteiger partial charge in [-0.3, -0.25) is 19.8 Å². The molecule has 0 aliphatic rings. The van der Waals surface area contributed by atoms with Gasteiger partial charge in [-0.1, -0.05) is 13.8 Å². The van der Waals surface area contributed by atoms with Crippen LogP contribution in [-0.4, -0.2) is 51.9 Å². The van der Waals surface area contributed by atoms with Gasteiger partial charge in [0.05, 0.1) is 0 Å². The highest BCUT2D eigenvalue weighted by molar-refractivity contribution is 5.81. The SMILES string of the molecule is CCN(CC)CCCC(C)N=Cc1c(O)[nH]c(=O)[nH]c1=O. The zero-order chi connectivity index (χ0) is 15.8. The van der Waals surface area contributed by atoms with Gasteiger partial charge in [0.1, 0.15) is 5.56 Å². The van der Waals surface area contributed by atoms with Crippen molar-refractivity contribution >= 4 is 6.21 Å². The lowest BCUT2D eigenvalue weighted by atomic mass is 10.2. The van der Waals surface area contributed by atoms with Gasteiger partial charge in [0.25, 0.3) is 5.56 Å². The summed E-state index contributed by atoms with van der Waals surface area (Å²) in [6.45, 7) is 9.32. The van der Waals surface area contributed by atoms with E-state index in [1.165, 1.54) is 6.21 Å². The second-order valence-corrected chi connectivity index (χ2v) is 4.97. The van der Waals surface area contributed by atoms with Crippen LogP contribution in [0.15, 0.2) is 14.6 Å². The Balaban J connectivity index is 2.57. The summed E-state index contributed by atoms with van der Waals surface area (Å²) in [4.78, 5) is 33.2. The number of hydrogen-bond donors (Lipinski definition) is 3. The van der Waals surface area contributed by atoms with Gasteiger partial charge in [-0.05, 0) is 39.4 Å². The third-order valence-electron chi connectivity index (χ3n) is 3.41. The van der Waals surface area contributed by atoms with E-state index in [1.807, 2.05) is 6.92 Å². The molecule has 1 atom stereocenters. The Bertz CT molecular complexity index is 572. The van der Waals surface area contributed by atoms with Crippen LogP contribution in [0, 0.1) is 0 Å². The highest BCUT2D eigenvalue weighted by Crippen LogP contribution is 2.05. The van der Waals surface area contributed by atoms with Crippen molar-refractivity contribution in [3.8, 4) is 5.88 Å². The maximum absolute atomic E-state index is 11.5. The summed E-state index contributed by atoms with van der Waals surface area (Å²) in [5.74, 6) is -0.456. The molecule has 0 aliphatic carbocycles. The molecule has 0 radical (unpaired) electrons. The van der Waals surface area contributed by atoms with Crippen molar-refractivity contribution in [3.05, 3.63) is 26.4 Å². The van der Waals surface area contributed by atoms with Crippen LogP contribution in [0.1, 0.15) is 39.2 Å². The monoisotopic (exact) mass is 296 g/mol. The molecule has 0 bridgehead atoms. The Hall–Kier alpha value is -1.89. The maximum Gasteiger partial charge on any atom is 0.328 e. The Morgan fingerprint density at radius 3 is 2.52 bits per heavy atom. The maximum atomic E-state index is 11.5. The minimum atomic E-state index is -0.734. The van der Waals surface area contributed by atoms with Crippen LogP contribution in [0.3, 0.4) is 0 Å². The first-order valence-corrected chi connectivity index (χ1v) is 7.29. The largest absolute Gasteiger partial charge is 0.494 e. The molecule has 1 unspecified atom stereocenters. The van der Waals surface area contributed by atoms with Crippen molar-refractivity contribution in [2.75, 3.05) is 19.6 Å². The van der Waals surface area contributed by atoms with Gasteiger partial charge >= 0.3 is 5.69 Å². The topological polar surface area (TPSA) is 102 Å². The second kappa shape index (κ2) is 8.41. The quantitative estimate of drug-likeness (QED) is 0.614. The van der Waals surface area contributed by atoms with Crippen molar-refractivity contribution in [3.63, 3.8) is 0 Å². The number of rotatable bonds is 8. The lowest BCUT2D eigenvalue weighted by molar-refractivity contribution is 0.294. The molecule has 0 aromatic carbocycles. The zero-order valence-corrected chi connectivity index (χ0v) is 12.8. The molecule has 0 aliphatic heterocycles. The molecule has 1 aromatic heterocycles. The van der Waals surface area contributed by atoms with Gasteiger partial charge < -0.3 is 10.0 Å². The van der Waals surface area contributed by atoms with Crippen LogP contribution < -0.4 is 11.2 Å². The van der Waals surface area contributed by atoms with E-state index in [1.54, 1.807) is 0 Å². The molecule has 0 saturated carbocycles. The number of hydrogen-bond acceptors (Lipinski definition) is 5. The van der Waals surface area contributed by atoms with Gasteiger partial charge in [-0.2, -0.15) is 0 Å². The number of H-pyrrole nitrogens is 2. The minimum Gasteiger partial charge on any atom is -0.494 e. The Morgan fingerprint density at radius 2 is 1.95 bits per heavy atom. The Morgan fingerprint density at radius 1 is 1.29 bits per heavy atom. The molecular weight excluding hydrogens is 272 g/mol. The van der Waals surface area contributed by atoms with Gasteiger partial charge in [0.15, 0.2) is 0 Å². The molecule has 1 rings (SSSR count). The molecule has 0 amide bonds. The van der Waals surface area contributed by atoms with Crippen LogP contribution in [0.2, 0.25) is 0 Å². The molecule has 1 aromatic rings. The molecule has 3 N–H and O–H groups in total. The smallest absolute Gasteiger partial charge is 0.328 e. The molecule has 0 fully saturated rings. The number of nitrogens with zero attached hydrogens (tertiary/aromatic N) is 2. The number of aromatic hydroxyl groups is 1. The normalized spacial score (nSPS) is 13.1. The fourth-order valence-corrected chi connectivity index (χ4v) is 2.03. The lowest BCUT2D eigenvalue weighted by Gasteiger charge is -2.18. The first kappa shape index (κ1) is 17.2. The highest BCUT2D eigenvalue weighted by atomic mass is 16.3. The molecule has 1 heterocycles. The van der Waals surface area contributed by atoms with Crippen LogP contribution in [0.5, 0.6) is 5.88 Å². The average Bonchev–Trinajstić information content (AvgIpc) is 2.42. The molecule has 7 heteroatoms. The fraction of sp³-hybridized carbons (Fsp3) is 0.643. The summed E-state index contributed by atoms with van der Waals surface area (Å²) in [5.41, 5.74) is -1.40. The predicted octanol–water partition coefficient (Wildman–Crippen LogP) is 0.698. The van der Waals surface area contributed by atoms with Crippen molar-refractivity contribution in [1.29, 1.82) is 0 Å². The van der Waals surface area contributed by atoms with Crippen LogP contribution in [0.4, 0.5) is 0 Å². The van der Waals surface area contributed by atoms with Crippen molar-refractivity contribution in [2.24, 2.45) is 4.99 Å². The van der Waals surface area contributed by atoms with Crippen molar-refractivity contribution in [2.45, 2.75) is 39.7 Å². The van der Waals surface area contributed by atoms with Gasteiger partial charge in [0.2, 0.25) is 5.88 Å². The molecule has 21 heavy (non-hydrogen) atoms. The van der Waals surface area contributed by atoms with E-state index in [0.29, 0.717) is 0 Å².